The maximum absolute atomic E-state index is 13.7. The van der Waals surface area contributed by atoms with E-state index in [9.17, 15) is 4.39 Å². The van der Waals surface area contributed by atoms with Crippen molar-refractivity contribution >= 4 is 22.7 Å². The number of pyridine rings is 1. The van der Waals surface area contributed by atoms with Gasteiger partial charge in [0.2, 0.25) is 0 Å². The highest BCUT2D eigenvalue weighted by molar-refractivity contribution is 7.98. The van der Waals surface area contributed by atoms with Gasteiger partial charge in [-0.25, -0.2) is 9.37 Å². The van der Waals surface area contributed by atoms with Crippen LogP contribution >= 0.6 is 11.8 Å². The minimum atomic E-state index is -0.176. The van der Waals surface area contributed by atoms with E-state index in [2.05, 4.69) is 11.9 Å². The molecule has 112 valence electrons. The lowest BCUT2D eigenvalue weighted by Gasteiger charge is -2.09. The van der Waals surface area contributed by atoms with Gasteiger partial charge in [-0.15, -0.1) is 11.8 Å². The maximum atomic E-state index is 13.7. The number of benzene rings is 2. The quantitative estimate of drug-likeness (QED) is 0.634. The van der Waals surface area contributed by atoms with Crippen LogP contribution < -0.4 is 4.74 Å². The molecule has 0 fully saturated rings. The number of aryl methyl sites for hydroxylation is 1. The summed E-state index contributed by atoms with van der Waals surface area (Å²) in [5.41, 5.74) is 2.67. The number of aromatic nitrogens is 1. The molecular formula is C18H16FNOS. The molecule has 4 heteroatoms. The highest BCUT2D eigenvalue weighted by Gasteiger charge is 2.09. The minimum Gasteiger partial charge on any atom is -0.494 e. The Labute approximate surface area is 133 Å². The lowest BCUT2D eigenvalue weighted by molar-refractivity contribution is 0.418. The number of fused-ring (bicyclic) bond motifs is 1. The Balaban J connectivity index is 1.93. The predicted molar refractivity (Wildman–Crippen MR) is 89.0 cm³/mol. The molecule has 0 saturated heterocycles. The molecule has 0 bridgehead atoms. The second-order valence-corrected chi connectivity index (χ2v) is 6.01. The summed E-state index contributed by atoms with van der Waals surface area (Å²) in [5, 5.41) is 1.95. The average molecular weight is 313 g/mol. The third kappa shape index (κ3) is 2.92. The molecule has 2 aromatic carbocycles. The number of thioether (sulfide) groups is 1. The normalized spacial score (nSPS) is 10.9. The maximum Gasteiger partial charge on any atom is 0.145 e. The number of hydrogen-bond acceptors (Lipinski definition) is 3. The Morgan fingerprint density at radius 2 is 1.95 bits per heavy atom. The van der Waals surface area contributed by atoms with E-state index in [1.807, 2.05) is 30.3 Å². The van der Waals surface area contributed by atoms with Crippen LogP contribution in [0.3, 0.4) is 0 Å². The first-order valence-corrected chi connectivity index (χ1v) is 7.98. The molecule has 22 heavy (non-hydrogen) atoms. The molecule has 0 aliphatic carbocycles. The van der Waals surface area contributed by atoms with E-state index in [0.29, 0.717) is 11.3 Å². The van der Waals surface area contributed by atoms with Gasteiger partial charge in [0.05, 0.1) is 12.1 Å². The van der Waals surface area contributed by atoms with Crippen molar-refractivity contribution in [2.75, 3.05) is 7.11 Å². The van der Waals surface area contributed by atoms with Gasteiger partial charge in [-0.05, 0) is 36.2 Å². The van der Waals surface area contributed by atoms with Gasteiger partial charge >= 0.3 is 0 Å². The van der Waals surface area contributed by atoms with Crippen molar-refractivity contribution < 1.29 is 9.13 Å². The highest BCUT2D eigenvalue weighted by atomic mass is 32.2. The summed E-state index contributed by atoms with van der Waals surface area (Å²) in [6.45, 7) is 2.05. The number of rotatable bonds is 4. The Morgan fingerprint density at radius 1 is 1.14 bits per heavy atom. The van der Waals surface area contributed by atoms with Gasteiger partial charge in [-0.2, -0.15) is 0 Å². The van der Waals surface area contributed by atoms with Gasteiger partial charge in [-0.3, -0.25) is 0 Å². The van der Waals surface area contributed by atoms with Crippen LogP contribution in [0.4, 0.5) is 4.39 Å². The van der Waals surface area contributed by atoms with Gasteiger partial charge < -0.3 is 4.74 Å². The molecule has 0 aliphatic rings. The van der Waals surface area contributed by atoms with Crippen molar-refractivity contribution in [3.8, 4) is 5.75 Å². The molecule has 0 amide bonds. The summed E-state index contributed by atoms with van der Waals surface area (Å²) in [6.07, 6.45) is 0. The molecule has 2 nitrogen and oxygen atoms in total. The smallest absolute Gasteiger partial charge is 0.145 e. The fraction of sp³-hybridized carbons (Fsp3) is 0.167. The Morgan fingerprint density at radius 3 is 2.73 bits per heavy atom. The molecule has 0 radical (unpaired) electrons. The topological polar surface area (TPSA) is 22.1 Å². The lowest BCUT2D eigenvalue weighted by atomic mass is 10.1. The molecule has 1 heterocycles. The van der Waals surface area contributed by atoms with Crippen molar-refractivity contribution in [2.24, 2.45) is 0 Å². The molecule has 0 N–H and O–H groups in total. The molecule has 3 aromatic rings. The molecular weight excluding hydrogens is 297 g/mol. The lowest BCUT2D eigenvalue weighted by Crippen LogP contribution is -1.92. The van der Waals surface area contributed by atoms with E-state index in [1.54, 1.807) is 19.2 Å². The van der Waals surface area contributed by atoms with E-state index >= 15 is 0 Å². The second-order valence-electron chi connectivity index (χ2n) is 5.01. The summed E-state index contributed by atoms with van der Waals surface area (Å²) in [5.74, 6) is 1.14. The molecule has 0 spiro atoms. The van der Waals surface area contributed by atoms with E-state index in [4.69, 9.17) is 4.74 Å². The van der Waals surface area contributed by atoms with Crippen LogP contribution in [-0.2, 0) is 5.75 Å². The Kier molecular flexibility index (Phi) is 4.29. The summed E-state index contributed by atoms with van der Waals surface area (Å²) in [6, 6.07) is 14.8. The summed E-state index contributed by atoms with van der Waals surface area (Å²) < 4.78 is 19.1. The highest BCUT2D eigenvalue weighted by Crippen LogP contribution is 2.31. The molecule has 0 saturated carbocycles. The van der Waals surface area contributed by atoms with Crippen LogP contribution in [-0.4, -0.2) is 12.1 Å². The first-order valence-electron chi connectivity index (χ1n) is 6.99. The number of halogens is 1. The molecule has 3 rings (SSSR count). The third-order valence-corrected chi connectivity index (χ3v) is 4.50. The zero-order valence-electron chi connectivity index (χ0n) is 12.5. The number of para-hydroxylation sites is 1. The first kappa shape index (κ1) is 14.9. The molecule has 0 unspecified atom stereocenters. The Bertz CT molecular complexity index is 819. The zero-order chi connectivity index (χ0) is 15.5. The first-order chi connectivity index (χ1) is 10.7. The average Bonchev–Trinajstić information content (AvgIpc) is 2.53. The minimum absolute atomic E-state index is 0.176. The van der Waals surface area contributed by atoms with E-state index < -0.39 is 0 Å². The van der Waals surface area contributed by atoms with Gasteiger partial charge in [0.25, 0.3) is 0 Å². The molecule has 0 aliphatic heterocycles. The fourth-order valence-corrected chi connectivity index (χ4v) is 3.32. The van der Waals surface area contributed by atoms with Crippen molar-refractivity contribution in [2.45, 2.75) is 17.7 Å². The Hall–Kier alpha value is -2.07. The van der Waals surface area contributed by atoms with Crippen LogP contribution in [0.2, 0.25) is 0 Å². The van der Waals surface area contributed by atoms with E-state index in [1.165, 1.54) is 17.8 Å². The molecule has 1 aromatic heterocycles. The van der Waals surface area contributed by atoms with Crippen molar-refractivity contribution in [1.29, 1.82) is 0 Å². The summed E-state index contributed by atoms with van der Waals surface area (Å²) >= 11 is 1.53. The number of hydrogen-bond donors (Lipinski definition) is 0. The third-order valence-electron chi connectivity index (χ3n) is 3.54. The van der Waals surface area contributed by atoms with Crippen LogP contribution in [0.25, 0.3) is 10.9 Å². The molecule has 0 atom stereocenters. The van der Waals surface area contributed by atoms with E-state index in [-0.39, 0.29) is 5.82 Å². The monoisotopic (exact) mass is 313 g/mol. The van der Waals surface area contributed by atoms with Gasteiger partial charge in [0.15, 0.2) is 0 Å². The van der Waals surface area contributed by atoms with E-state index in [0.717, 1.165) is 27.2 Å². The van der Waals surface area contributed by atoms with Gasteiger partial charge in [-0.1, -0.05) is 30.3 Å². The predicted octanol–water partition coefficient (Wildman–Crippen LogP) is 4.98. The summed E-state index contributed by atoms with van der Waals surface area (Å²) in [4.78, 5) is 4.67. The fourth-order valence-electron chi connectivity index (χ4n) is 2.37. The zero-order valence-corrected chi connectivity index (χ0v) is 13.3. The largest absolute Gasteiger partial charge is 0.494 e. The van der Waals surface area contributed by atoms with Crippen molar-refractivity contribution in [3.63, 3.8) is 0 Å². The van der Waals surface area contributed by atoms with Crippen LogP contribution in [0.5, 0.6) is 5.75 Å². The number of ether oxygens (including phenoxy) is 1. The van der Waals surface area contributed by atoms with Gasteiger partial charge in [0, 0.05) is 11.1 Å². The van der Waals surface area contributed by atoms with Crippen molar-refractivity contribution in [3.05, 3.63) is 65.5 Å². The standard InChI is InChI=1S/C18H16FNOS/c1-12-10-17(22-11-13-6-3-4-8-15(13)19)20-18-14(12)7-5-9-16(18)21-2/h3-10H,11H2,1-2H3. The van der Waals surface area contributed by atoms with Crippen LogP contribution in [0.1, 0.15) is 11.1 Å². The number of nitrogens with zero attached hydrogens (tertiary/aromatic N) is 1. The summed E-state index contributed by atoms with van der Waals surface area (Å²) in [7, 11) is 1.64. The number of methoxy groups -OCH3 is 1. The van der Waals surface area contributed by atoms with Crippen LogP contribution in [0.15, 0.2) is 53.6 Å². The van der Waals surface area contributed by atoms with Crippen molar-refractivity contribution in [1.82, 2.24) is 4.98 Å². The SMILES string of the molecule is COc1cccc2c(C)cc(SCc3ccccc3F)nc12. The van der Waals surface area contributed by atoms with Gasteiger partial charge in [0.1, 0.15) is 17.1 Å². The van der Waals surface area contributed by atoms with Crippen LogP contribution in [0, 0.1) is 12.7 Å². The second kappa shape index (κ2) is 6.36.